The second-order valence-corrected chi connectivity index (χ2v) is 5.58. The van der Waals surface area contributed by atoms with Crippen molar-refractivity contribution in [3.05, 3.63) is 0 Å². The molecule has 1 aliphatic heterocycles. The molecule has 15 heavy (non-hydrogen) atoms. The zero-order valence-electron chi connectivity index (χ0n) is 9.41. The fourth-order valence-electron chi connectivity index (χ4n) is 3.72. The van der Waals surface area contributed by atoms with E-state index in [1.54, 1.807) is 0 Å². The molecule has 0 radical (unpaired) electrons. The summed E-state index contributed by atoms with van der Waals surface area (Å²) in [5.41, 5.74) is 0. The van der Waals surface area contributed by atoms with Crippen LogP contribution in [0.25, 0.3) is 0 Å². The van der Waals surface area contributed by atoms with Gasteiger partial charge in [-0.1, -0.05) is 6.42 Å². The highest BCUT2D eigenvalue weighted by Gasteiger charge is 2.41. The molecule has 1 N–H and O–H groups in total. The van der Waals surface area contributed by atoms with Crippen molar-refractivity contribution >= 4 is 5.91 Å². The number of nitrogens with one attached hydrogen (secondary N) is 1. The topological polar surface area (TPSA) is 32.3 Å². The van der Waals surface area contributed by atoms with Gasteiger partial charge in [0.05, 0.1) is 12.7 Å². The number of fused-ring (bicyclic) bond motifs is 2. The van der Waals surface area contributed by atoms with Crippen LogP contribution < -0.4 is 5.32 Å². The zero-order chi connectivity index (χ0) is 10.4. The Kier molecular flexibility index (Phi) is 2.23. The van der Waals surface area contributed by atoms with E-state index < -0.39 is 0 Å². The predicted octanol–water partition coefficient (Wildman–Crippen LogP) is 1.20. The maximum Gasteiger partial charge on any atom is 0.240 e. The van der Waals surface area contributed by atoms with Crippen molar-refractivity contribution < 1.29 is 4.79 Å². The van der Waals surface area contributed by atoms with Gasteiger partial charge in [0.2, 0.25) is 5.91 Å². The van der Waals surface area contributed by atoms with Crippen LogP contribution in [-0.4, -0.2) is 30.1 Å². The molecule has 3 aliphatic rings. The Morgan fingerprint density at radius 3 is 2.80 bits per heavy atom. The van der Waals surface area contributed by atoms with Crippen LogP contribution in [0.1, 0.15) is 32.6 Å². The molecule has 4 atom stereocenters. The molecule has 1 saturated heterocycles. The van der Waals surface area contributed by atoms with E-state index in [4.69, 9.17) is 0 Å². The minimum Gasteiger partial charge on any atom is -0.328 e. The summed E-state index contributed by atoms with van der Waals surface area (Å²) in [4.78, 5) is 13.8. The van der Waals surface area contributed by atoms with Crippen LogP contribution in [-0.2, 0) is 4.79 Å². The summed E-state index contributed by atoms with van der Waals surface area (Å²) in [5, 5.41) is 3.21. The summed E-state index contributed by atoms with van der Waals surface area (Å²) in [6.45, 7) is 3.74. The van der Waals surface area contributed by atoms with E-state index in [0.717, 1.165) is 31.0 Å². The average Bonchev–Trinajstić information content (AvgIpc) is 2.89. The smallest absolute Gasteiger partial charge is 0.240 e. The van der Waals surface area contributed by atoms with E-state index in [2.05, 4.69) is 5.32 Å². The molecule has 3 rings (SSSR count). The number of hydrogen-bond donors (Lipinski definition) is 1. The number of carbonyl (C=O) groups is 1. The van der Waals surface area contributed by atoms with Crippen LogP contribution in [0, 0.1) is 17.8 Å². The van der Waals surface area contributed by atoms with Gasteiger partial charge in [0, 0.05) is 6.54 Å². The molecule has 2 aliphatic carbocycles. The predicted molar refractivity (Wildman–Crippen MR) is 58.1 cm³/mol. The Bertz CT molecular complexity index is 279. The van der Waals surface area contributed by atoms with Crippen molar-refractivity contribution in [3.63, 3.8) is 0 Å². The lowest BCUT2D eigenvalue weighted by molar-refractivity contribution is -0.129. The molecule has 2 bridgehead atoms. The average molecular weight is 208 g/mol. The van der Waals surface area contributed by atoms with Crippen LogP contribution in [0.3, 0.4) is 0 Å². The van der Waals surface area contributed by atoms with E-state index in [1.807, 2.05) is 11.8 Å². The normalized spacial score (nSPS) is 44.3. The van der Waals surface area contributed by atoms with Crippen LogP contribution in [0.5, 0.6) is 0 Å². The maximum absolute atomic E-state index is 11.8. The van der Waals surface area contributed by atoms with Gasteiger partial charge in [0.15, 0.2) is 0 Å². The van der Waals surface area contributed by atoms with Gasteiger partial charge in [-0.15, -0.1) is 0 Å². The van der Waals surface area contributed by atoms with Crippen molar-refractivity contribution in [2.75, 3.05) is 13.2 Å². The third kappa shape index (κ3) is 1.57. The molecule has 1 amide bonds. The molecule has 0 aromatic rings. The summed E-state index contributed by atoms with van der Waals surface area (Å²) in [6, 6.07) is 0.0450. The van der Waals surface area contributed by atoms with Crippen molar-refractivity contribution in [3.8, 4) is 0 Å². The number of nitrogens with zero attached hydrogens (tertiary/aromatic N) is 1. The molecule has 84 valence electrons. The molecule has 4 unspecified atom stereocenters. The molecule has 3 heteroatoms. The first kappa shape index (κ1) is 9.64. The molecular formula is C12H20N2O. The Morgan fingerprint density at radius 2 is 2.27 bits per heavy atom. The second-order valence-electron chi connectivity index (χ2n) is 5.58. The van der Waals surface area contributed by atoms with E-state index >= 15 is 0 Å². The summed E-state index contributed by atoms with van der Waals surface area (Å²) in [5.74, 6) is 3.03. The van der Waals surface area contributed by atoms with Crippen LogP contribution in [0.15, 0.2) is 0 Å². The highest BCUT2D eigenvalue weighted by atomic mass is 16.2. The third-order valence-corrected chi connectivity index (χ3v) is 4.61. The summed E-state index contributed by atoms with van der Waals surface area (Å²) < 4.78 is 0. The Morgan fingerprint density at radius 1 is 1.40 bits per heavy atom. The van der Waals surface area contributed by atoms with Crippen molar-refractivity contribution in [1.29, 1.82) is 0 Å². The second kappa shape index (κ2) is 3.48. The van der Waals surface area contributed by atoms with Gasteiger partial charge in [-0.05, 0) is 43.9 Å². The summed E-state index contributed by atoms with van der Waals surface area (Å²) in [7, 11) is 0. The Balaban J connectivity index is 1.60. The van der Waals surface area contributed by atoms with E-state index in [9.17, 15) is 4.79 Å². The van der Waals surface area contributed by atoms with Gasteiger partial charge in [0.1, 0.15) is 0 Å². The molecule has 3 fully saturated rings. The zero-order valence-corrected chi connectivity index (χ0v) is 9.41. The lowest BCUT2D eigenvalue weighted by Gasteiger charge is -2.26. The molecule has 2 saturated carbocycles. The highest BCUT2D eigenvalue weighted by molar-refractivity contribution is 5.83. The van der Waals surface area contributed by atoms with Crippen LogP contribution >= 0.6 is 0 Å². The van der Waals surface area contributed by atoms with E-state index in [-0.39, 0.29) is 6.04 Å². The number of amides is 1. The van der Waals surface area contributed by atoms with Gasteiger partial charge in [-0.2, -0.15) is 0 Å². The van der Waals surface area contributed by atoms with Gasteiger partial charge >= 0.3 is 0 Å². The minimum atomic E-state index is 0.0450. The fraction of sp³-hybridized carbons (Fsp3) is 0.917. The highest BCUT2D eigenvalue weighted by Crippen LogP contribution is 2.48. The van der Waals surface area contributed by atoms with Crippen LogP contribution in [0.4, 0.5) is 0 Å². The van der Waals surface area contributed by atoms with E-state index in [1.165, 1.54) is 25.7 Å². The SMILES string of the molecule is CC1NCN(CC2CC3CCC2C3)C1=O. The van der Waals surface area contributed by atoms with Gasteiger partial charge < -0.3 is 4.90 Å². The lowest BCUT2D eigenvalue weighted by atomic mass is 9.88. The lowest BCUT2D eigenvalue weighted by Crippen LogP contribution is -2.34. The largest absolute Gasteiger partial charge is 0.328 e. The molecule has 1 heterocycles. The molecule has 3 nitrogen and oxygen atoms in total. The maximum atomic E-state index is 11.8. The van der Waals surface area contributed by atoms with Gasteiger partial charge in [-0.25, -0.2) is 0 Å². The summed E-state index contributed by atoms with van der Waals surface area (Å²) in [6.07, 6.45) is 5.68. The quantitative estimate of drug-likeness (QED) is 0.739. The van der Waals surface area contributed by atoms with Crippen molar-refractivity contribution in [2.45, 2.75) is 38.6 Å². The van der Waals surface area contributed by atoms with Crippen molar-refractivity contribution in [2.24, 2.45) is 17.8 Å². The standard InChI is InChI=1S/C12H20N2O/c1-8-12(15)14(7-13-8)6-11-5-9-2-3-10(11)4-9/h8-11,13H,2-7H2,1H3. The van der Waals surface area contributed by atoms with Crippen LogP contribution in [0.2, 0.25) is 0 Å². The fourth-order valence-corrected chi connectivity index (χ4v) is 3.72. The molecule has 0 aromatic heterocycles. The summed E-state index contributed by atoms with van der Waals surface area (Å²) >= 11 is 0. The number of rotatable bonds is 2. The Labute approximate surface area is 91.2 Å². The molecular weight excluding hydrogens is 188 g/mol. The van der Waals surface area contributed by atoms with E-state index in [0.29, 0.717) is 5.91 Å². The number of hydrogen-bond acceptors (Lipinski definition) is 2. The first-order valence-electron chi connectivity index (χ1n) is 6.26. The van der Waals surface area contributed by atoms with Gasteiger partial charge in [0.25, 0.3) is 0 Å². The number of carbonyl (C=O) groups excluding carboxylic acids is 1. The molecule has 0 spiro atoms. The first-order chi connectivity index (χ1) is 7.24. The monoisotopic (exact) mass is 208 g/mol. The van der Waals surface area contributed by atoms with Gasteiger partial charge in [-0.3, -0.25) is 10.1 Å². The minimum absolute atomic E-state index is 0.0450. The van der Waals surface area contributed by atoms with Crippen molar-refractivity contribution in [1.82, 2.24) is 10.2 Å². The Hall–Kier alpha value is -0.570. The third-order valence-electron chi connectivity index (χ3n) is 4.61. The first-order valence-corrected chi connectivity index (χ1v) is 6.26. The molecule has 0 aromatic carbocycles.